The highest BCUT2D eigenvalue weighted by Gasteiger charge is 2.28. The van der Waals surface area contributed by atoms with E-state index >= 15 is 0 Å². The Hall–Kier alpha value is -3.55. The van der Waals surface area contributed by atoms with Gasteiger partial charge in [-0.25, -0.2) is 9.78 Å². The molecule has 2 aromatic rings. The van der Waals surface area contributed by atoms with Crippen LogP contribution in [0.3, 0.4) is 0 Å². The number of nitrogens with one attached hydrogen (secondary N) is 2. The molecule has 1 saturated carbocycles. The summed E-state index contributed by atoms with van der Waals surface area (Å²) < 4.78 is 5.53. The number of allylic oxidation sites excluding steroid dienone is 2. The van der Waals surface area contributed by atoms with Crippen molar-refractivity contribution in [2.45, 2.75) is 71.0 Å². The fraction of sp³-hybridized carbons (Fsp3) is 0.464. The van der Waals surface area contributed by atoms with Crippen LogP contribution in [-0.2, 0) is 19.4 Å². The molecule has 0 radical (unpaired) electrons. The van der Waals surface area contributed by atoms with Crippen molar-refractivity contribution in [3.05, 3.63) is 64.4 Å². The first-order valence-corrected chi connectivity index (χ1v) is 12.8. The molecule has 36 heavy (non-hydrogen) atoms. The lowest BCUT2D eigenvalue weighted by atomic mass is 9.89. The maximum atomic E-state index is 13.4. The first-order valence-electron chi connectivity index (χ1n) is 12.8. The van der Waals surface area contributed by atoms with Gasteiger partial charge < -0.3 is 25.4 Å². The van der Waals surface area contributed by atoms with E-state index in [0.29, 0.717) is 30.5 Å². The number of methoxy groups -OCH3 is 1. The number of hydrogen-bond acceptors (Lipinski definition) is 5. The standard InChI is InChI=1S/C28H36N4O4/c1-4-32(21-14-12-20(13-15-21)31-28(34)35)25-11-7-10-23-22(25)9-6-5-8-19-16-18(2)30-27(36-3)24(19)17-29-26(23)33/h5-7,10-11,16,20-21,31H,4,8-9,12-15,17H2,1-3H3,(H,29,33)(H,34,35). The molecule has 1 fully saturated rings. The van der Waals surface area contributed by atoms with E-state index in [4.69, 9.17) is 9.84 Å². The molecule has 192 valence electrons. The van der Waals surface area contributed by atoms with Crippen LogP contribution >= 0.6 is 0 Å². The van der Waals surface area contributed by atoms with Gasteiger partial charge in [-0.1, -0.05) is 18.2 Å². The number of ether oxygens (including phenoxy) is 1. The number of aromatic nitrogens is 1. The summed E-state index contributed by atoms with van der Waals surface area (Å²) >= 11 is 0. The van der Waals surface area contributed by atoms with Crippen molar-refractivity contribution in [1.29, 1.82) is 0 Å². The van der Waals surface area contributed by atoms with Crippen LogP contribution in [0.15, 0.2) is 36.4 Å². The summed E-state index contributed by atoms with van der Waals surface area (Å²) in [6.45, 7) is 5.25. The predicted octanol–water partition coefficient (Wildman–Crippen LogP) is 4.39. The van der Waals surface area contributed by atoms with Crippen LogP contribution in [0.1, 0.15) is 65.3 Å². The third kappa shape index (κ3) is 5.64. The van der Waals surface area contributed by atoms with Gasteiger partial charge in [-0.05, 0) is 81.7 Å². The molecule has 0 bridgehead atoms. The van der Waals surface area contributed by atoms with Crippen LogP contribution in [-0.4, -0.2) is 47.8 Å². The molecule has 1 aliphatic carbocycles. The zero-order chi connectivity index (χ0) is 25.7. The summed E-state index contributed by atoms with van der Waals surface area (Å²) in [4.78, 5) is 31.4. The van der Waals surface area contributed by atoms with Gasteiger partial charge in [0.1, 0.15) is 0 Å². The van der Waals surface area contributed by atoms with Gasteiger partial charge in [0.15, 0.2) is 0 Å². The molecule has 2 heterocycles. The molecule has 0 atom stereocenters. The number of fused-ring (bicyclic) bond motifs is 2. The number of carbonyl (C=O) groups excluding carboxylic acids is 1. The average Bonchev–Trinajstić information content (AvgIpc) is 2.89. The zero-order valence-corrected chi connectivity index (χ0v) is 21.3. The molecule has 1 aliphatic heterocycles. The molecule has 0 unspecified atom stereocenters. The maximum absolute atomic E-state index is 13.4. The summed E-state index contributed by atoms with van der Waals surface area (Å²) in [5.41, 5.74) is 5.67. The van der Waals surface area contributed by atoms with Crippen molar-refractivity contribution < 1.29 is 19.4 Å². The highest BCUT2D eigenvalue weighted by Crippen LogP contribution is 2.32. The minimum Gasteiger partial charge on any atom is -0.481 e. The van der Waals surface area contributed by atoms with Crippen molar-refractivity contribution in [3.8, 4) is 5.88 Å². The van der Waals surface area contributed by atoms with E-state index in [1.54, 1.807) is 7.11 Å². The van der Waals surface area contributed by atoms with Gasteiger partial charge in [-0.15, -0.1) is 0 Å². The summed E-state index contributed by atoms with van der Waals surface area (Å²) in [5, 5.41) is 14.8. The topological polar surface area (TPSA) is 104 Å². The first kappa shape index (κ1) is 25.5. The lowest BCUT2D eigenvalue weighted by molar-refractivity contribution is 0.0949. The van der Waals surface area contributed by atoms with Crippen molar-refractivity contribution in [3.63, 3.8) is 0 Å². The second-order valence-corrected chi connectivity index (χ2v) is 9.52. The van der Waals surface area contributed by atoms with E-state index in [1.807, 2.05) is 19.1 Å². The summed E-state index contributed by atoms with van der Waals surface area (Å²) in [5.74, 6) is 0.443. The molecule has 8 heteroatoms. The van der Waals surface area contributed by atoms with Crippen molar-refractivity contribution in [2.24, 2.45) is 0 Å². The number of pyridine rings is 1. The Balaban J connectivity index is 1.63. The van der Waals surface area contributed by atoms with Crippen LogP contribution in [0.2, 0.25) is 0 Å². The van der Waals surface area contributed by atoms with E-state index in [9.17, 15) is 9.59 Å². The molecule has 2 aliphatic rings. The molecule has 8 nitrogen and oxygen atoms in total. The molecule has 0 spiro atoms. The number of hydrogen-bond donors (Lipinski definition) is 3. The van der Waals surface area contributed by atoms with Crippen molar-refractivity contribution in [2.75, 3.05) is 18.6 Å². The van der Waals surface area contributed by atoms with E-state index in [2.05, 4.69) is 51.7 Å². The Morgan fingerprint density at radius 2 is 1.94 bits per heavy atom. The van der Waals surface area contributed by atoms with Gasteiger partial charge in [0.2, 0.25) is 5.88 Å². The van der Waals surface area contributed by atoms with E-state index in [0.717, 1.165) is 66.7 Å². The van der Waals surface area contributed by atoms with Crippen molar-refractivity contribution >= 4 is 17.7 Å². The predicted molar refractivity (Wildman–Crippen MR) is 140 cm³/mol. The third-order valence-corrected chi connectivity index (χ3v) is 7.26. The second-order valence-electron chi connectivity index (χ2n) is 9.52. The smallest absolute Gasteiger partial charge is 0.404 e. The Morgan fingerprint density at radius 3 is 2.64 bits per heavy atom. The molecule has 0 saturated heterocycles. The normalized spacial score (nSPS) is 19.8. The Morgan fingerprint density at radius 1 is 1.19 bits per heavy atom. The molecule has 3 N–H and O–H groups in total. The van der Waals surface area contributed by atoms with Crippen LogP contribution in [0.4, 0.5) is 10.5 Å². The number of nitrogens with zero attached hydrogens (tertiary/aromatic N) is 2. The number of rotatable bonds is 5. The minimum atomic E-state index is -0.957. The molecular weight excluding hydrogens is 456 g/mol. The van der Waals surface area contributed by atoms with Crippen LogP contribution in [0.5, 0.6) is 5.88 Å². The van der Waals surface area contributed by atoms with E-state index in [-0.39, 0.29) is 11.9 Å². The maximum Gasteiger partial charge on any atom is 0.404 e. The second kappa shape index (κ2) is 11.5. The summed E-state index contributed by atoms with van der Waals surface area (Å²) in [7, 11) is 1.61. The lowest BCUT2D eigenvalue weighted by Gasteiger charge is -2.39. The highest BCUT2D eigenvalue weighted by molar-refractivity contribution is 5.97. The van der Waals surface area contributed by atoms with Crippen LogP contribution < -0.4 is 20.3 Å². The Labute approximate surface area is 212 Å². The Kier molecular flexibility index (Phi) is 8.13. The number of aryl methyl sites for hydroxylation is 1. The number of benzene rings is 1. The number of carboxylic acid groups (broad SMARTS) is 1. The molecule has 1 aromatic heterocycles. The molecular formula is C28H36N4O4. The fourth-order valence-corrected chi connectivity index (χ4v) is 5.55. The monoisotopic (exact) mass is 492 g/mol. The SMILES string of the molecule is CCN(c1cccc2c1CC=CCc1cc(C)nc(OC)c1CNC2=O)C1CCC(NC(=O)O)CC1. The van der Waals surface area contributed by atoms with E-state index in [1.165, 1.54) is 0 Å². The van der Waals surface area contributed by atoms with Gasteiger partial charge in [0, 0.05) is 47.7 Å². The van der Waals surface area contributed by atoms with Gasteiger partial charge in [-0.3, -0.25) is 4.79 Å². The Bertz CT molecular complexity index is 1140. The first-order chi connectivity index (χ1) is 17.4. The number of anilines is 1. The van der Waals surface area contributed by atoms with Crippen LogP contribution in [0.25, 0.3) is 0 Å². The van der Waals surface area contributed by atoms with Crippen molar-refractivity contribution in [1.82, 2.24) is 15.6 Å². The lowest BCUT2D eigenvalue weighted by Crippen LogP contribution is -2.44. The zero-order valence-electron chi connectivity index (χ0n) is 21.3. The largest absolute Gasteiger partial charge is 0.481 e. The molecule has 4 rings (SSSR count). The molecule has 1 aromatic carbocycles. The minimum absolute atomic E-state index is 0.00957. The quantitative estimate of drug-likeness (QED) is 0.535. The van der Waals surface area contributed by atoms with Gasteiger partial charge in [0.25, 0.3) is 5.91 Å². The number of amides is 2. The number of carbonyl (C=O) groups is 2. The van der Waals surface area contributed by atoms with E-state index < -0.39 is 6.09 Å². The average molecular weight is 493 g/mol. The molecule has 2 amide bonds. The van der Waals surface area contributed by atoms with Gasteiger partial charge in [0.05, 0.1) is 7.11 Å². The van der Waals surface area contributed by atoms with Gasteiger partial charge >= 0.3 is 6.09 Å². The van der Waals surface area contributed by atoms with Crippen LogP contribution in [0, 0.1) is 6.92 Å². The highest BCUT2D eigenvalue weighted by atomic mass is 16.5. The third-order valence-electron chi connectivity index (χ3n) is 7.26. The van der Waals surface area contributed by atoms with Gasteiger partial charge in [-0.2, -0.15) is 0 Å². The summed E-state index contributed by atoms with van der Waals surface area (Å²) in [6, 6.07) is 8.33. The fourth-order valence-electron chi connectivity index (χ4n) is 5.55. The summed E-state index contributed by atoms with van der Waals surface area (Å²) in [6.07, 6.45) is 8.19.